The molecule has 0 aliphatic heterocycles. The van der Waals surface area contributed by atoms with E-state index in [-0.39, 0.29) is 17.3 Å². The molecule has 0 bridgehead atoms. The minimum Gasteiger partial charge on any atom is -0.237 e. The molecule has 0 saturated heterocycles. The summed E-state index contributed by atoms with van der Waals surface area (Å²) in [4.78, 5) is 7.85. The molecule has 1 aromatic heterocycles. The average Bonchev–Trinajstić information content (AvgIpc) is 2.38. The monoisotopic (exact) mass is 272 g/mol. The highest BCUT2D eigenvalue weighted by Crippen LogP contribution is 2.35. The third-order valence-corrected chi connectivity index (χ3v) is 2.60. The second-order valence-electron chi connectivity index (χ2n) is 3.55. The first-order valence-electron chi connectivity index (χ1n) is 5.07. The lowest BCUT2D eigenvalue weighted by atomic mass is 10.1. The SMILES string of the molecule is FC(F)(F)c1ccccc1-c1nccc(CCl)n1. The van der Waals surface area contributed by atoms with Crippen LogP contribution in [0.3, 0.4) is 0 Å². The Kier molecular flexibility index (Phi) is 3.52. The Labute approximate surface area is 106 Å². The number of nitrogens with zero attached hydrogens (tertiary/aromatic N) is 2. The van der Waals surface area contributed by atoms with Crippen molar-refractivity contribution in [3.05, 3.63) is 47.8 Å². The normalized spacial score (nSPS) is 11.6. The van der Waals surface area contributed by atoms with E-state index in [9.17, 15) is 13.2 Å². The lowest BCUT2D eigenvalue weighted by Crippen LogP contribution is -2.08. The molecular formula is C12H8ClF3N2. The summed E-state index contributed by atoms with van der Waals surface area (Å²) in [6.07, 6.45) is -3.04. The molecular weight excluding hydrogens is 265 g/mol. The van der Waals surface area contributed by atoms with Crippen LogP contribution in [0.2, 0.25) is 0 Å². The summed E-state index contributed by atoms with van der Waals surface area (Å²) < 4.78 is 38.5. The second kappa shape index (κ2) is 4.94. The van der Waals surface area contributed by atoms with Gasteiger partial charge in [0.25, 0.3) is 0 Å². The lowest BCUT2D eigenvalue weighted by Gasteiger charge is -2.11. The molecule has 0 aliphatic rings. The van der Waals surface area contributed by atoms with E-state index in [0.717, 1.165) is 6.07 Å². The van der Waals surface area contributed by atoms with Crippen molar-refractivity contribution in [1.82, 2.24) is 9.97 Å². The van der Waals surface area contributed by atoms with Crippen molar-refractivity contribution in [2.75, 3.05) is 0 Å². The first-order valence-corrected chi connectivity index (χ1v) is 5.60. The van der Waals surface area contributed by atoms with Gasteiger partial charge in [-0.1, -0.05) is 18.2 Å². The Morgan fingerprint density at radius 3 is 2.50 bits per heavy atom. The Balaban J connectivity index is 2.57. The molecule has 1 aromatic carbocycles. The first-order chi connectivity index (χ1) is 8.52. The van der Waals surface area contributed by atoms with E-state index in [1.54, 1.807) is 6.07 Å². The van der Waals surface area contributed by atoms with Crippen LogP contribution in [0.15, 0.2) is 36.5 Å². The smallest absolute Gasteiger partial charge is 0.237 e. The topological polar surface area (TPSA) is 25.8 Å². The maximum atomic E-state index is 12.8. The molecule has 0 aliphatic carbocycles. The van der Waals surface area contributed by atoms with E-state index in [1.807, 2.05) is 0 Å². The van der Waals surface area contributed by atoms with E-state index in [4.69, 9.17) is 11.6 Å². The molecule has 0 fully saturated rings. The molecule has 0 saturated carbocycles. The third kappa shape index (κ3) is 2.61. The maximum absolute atomic E-state index is 12.8. The van der Waals surface area contributed by atoms with Gasteiger partial charge in [0.2, 0.25) is 0 Å². The van der Waals surface area contributed by atoms with Crippen LogP contribution in [0.1, 0.15) is 11.3 Å². The van der Waals surface area contributed by atoms with Crippen molar-refractivity contribution in [2.45, 2.75) is 12.1 Å². The first kappa shape index (κ1) is 12.8. The summed E-state index contributed by atoms with van der Waals surface area (Å²) >= 11 is 5.60. The van der Waals surface area contributed by atoms with Crippen LogP contribution in [-0.2, 0) is 12.1 Å². The van der Waals surface area contributed by atoms with Gasteiger partial charge in [0.05, 0.1) is 17.1 Å². The zero-order chi connectivity index (χ0) is 13.2. The van der Waals surface area contributed by atoms with Crippen LogP contribution < -0.4 is 0 Å². The zero-order valence-electron chi connectivity index (χ0n) is 9.08. The molecule has 1 heterocycles. The van der Waals surface area contributed by atoms with Crippen molar-refractivity contribution >= 4 is 11.6 Å². The molecule has 2 nitrogen and oxygen atoms in total. The molecule has 0 amide bonds. The molecule has 94 valence electrons. The fourth-order valence-electron chi connectivity index (χ4n) is 1.53. The molecule has 0 N–H and O–H groups in total. The van der Waals surface area contributed by atoms with Crippen LogP contribution in [0.5, 0.6) is 0 Å². The maximum Gasteiger partial charge on any atom is 0.417 e. The second-order valence-corrected chi connectivity index (χ2v) is 3.82. The van der Waals surface area contributed by atoms with Crippen LogP contribution in [0.25, 0.3) is 11.4 Å². The summed E-state index contributed by atoms with van der Waals surface area (Å²) in [7, 11) is 0. The van der Waals surface area contributed by atoms with Crippen molar-refractivity contribution in [1.29, 1.82) is 0 Å². The van der Waals surface area contributed by atoms with Crippen LogP contribution in [0.4, 0.5) is 13.2 Å². The molecule has 0 radical (unpaired) electrons. The number of hydrogen-bond acceptors (Lipinski definition) is 2. The minimum absolute atomic E-state index is 0.0288. The van der Waals surface area contributed by atoms with Gasteiger partial charge >= 0.3 is 6.18 Å². The number of hydrogen-bond donors (Lipinski definition) is 0. The summed E-state index contributed by atoms with van der Waals surface area (Å²) in [5, 5.41) is 0. The Hall–Kier alpha value is -1.62. The standard InChI is InChI=1S/C12H8ClF3N2/c13-7-8-5-6-17-11(18-8)9-3-1-2-4-10(9)12(14,15)16/h1-6H,7H2. The quantitative estimate of drug-likeness (QED) is 0.775. The Morgan fingerprint density at radius 1 is 1.11 bits per heavy atom. The van der Waals surface area contributed by atoms with Crippen molar-refractivity contribution in [3.8, 4) is 11.4 Å². The van der Waals surface area contributed by atoms with E-state index >= 15 is 0 Å². The third-order valence-electron chi connectivity index (χ3n) is 2.32. The summed E-state index contributed by atoms with van der Waals surface area (Å²) in [5.74, 6) is 0.157. The van der Waals surface area contributed by atoms with E-state index < -0.39 is 11.7 Å². The Morgan fingerprint density at radius 2 is 1.83 bits per heavy atom. The van der Waals surface area contributed by atoms with E-state index in [2.05, 4.69) is 9.97 Å². The van der Waals surface area contributed by atoms with Crippen molar-refractivity contribution in [2.24, 2.45) is 0 Å². The minimum atomic E-state index is -4.43. The molecule has 2 aromatic rings. The van der Waals surface area contributed by atoms with Gasteiger partial charge in [-0.25, -0.2) is 9.97 Å². The van der Waals surface area contributed by atoms with Gasteiger partial charge in [-0.2, -0.15) is 13.2 Å². The van der Waals surface area contributed by atoms with Crippen LogP contribution in [-0.4, -0.2) is 9.97 Å². The fourth-order valence-corrected chi connectivity index (χ4v) is 1.67. The number of rotatable bonds is 2. The molecule has 18 heavy (non-hydrogen) atoms. The number of alkyl halides is 4. The molecule has 0 spiro atoms. The van der Waals surface area contributed by atoms with Gasteiger partial charge in [0.15, 0.2) is 5.82 Å². The van der Waals surface area contributed by atoms with Gasteiger partial charge in [0, 0.05) is 11.8 Å². The van der Waals surface area contributed by atoms with Crippen LogP contribution >= 0.6 is 11.6 Å². The van der Waals surface area contributed by atoms with Gasteiger partial charge < -0.3 is 0 Å². The van der Waals surface area contributed by atoms with Gasteiger partial charge in [-0.3, -0.25) is 0 Å². The van der Waals surface area contributed by atoms with E-state index in [1.165, 1.54) is 24.4 Å². The van der Waals surface area contributed by atoms with Crippen LogP contribution in [0, 0.1) is 0 Å². The average molecular weight is 273 g/mol. The molecule has 0 unspecified atom stereocenters. The predicted octanol–water partition coefficient (Wildman–Crippen LogP) is 3.90. The van der Waals surface area contributed by atoms with E-state index in [0.29, 0.717) is 5.69 Å². The van der Waals surface area contributed by atoms with Crippen molar-refractivity contribution in [3.63, 3.8) is 0 Å². The number of halogens is 4. The van der Waals surface area contributed by atoms with Gasteiger partial charge in [-0.15, -0.1) is 11.6 Å². The highest BCUT2D eigenvalue weighted by atomic mass is 35.5. The largest absolute Gasteiger partial charge is 0.417 e. The lowest BCUT2D eigenvalue weighted by molar-refractivity contribution is -0.137. The number of benzene rings is 1. The summed E-state index contributed by atoms with van der Waals surface area (Å²) in [6.45, 7) is 0. The van der Waals surface area contributed by atoms with Gasteiger partial charge in [0.1, 0.15) is 0 Å². The number of aromatic nitrogens is 2. The molecule has 2 rings (SSSR count). The predicted molar refractivity (Wildman–Crippen MR) is 62.0 cm³/mol. The highest BCUT2D eigenvalue weighted by molar-refractivity contribution is 6.16. The molecule has 0 atom stereocenters. The Bertz CT molecular complexity index is 555. The van der Waals surface area contributed by atoms with Crippen molar-refractivity contribution < 1.29 is 13.2 Å². The summed E-state index contributed by atoms with van der Waals surface area (Å²) in [6, 6.07) is 6.76. The summed E-state index contributed by atoms with van der Waals surface area (Å²) in [5.41, 5.74) is -0.313. The molecule has 6 heteroatoms. The van der Waals surface area contributed by atoms with Gasteiger partial charge in [-0.05, 0) is 12.1 Å². The zero-order valence-corrected chi connectivity index (χ0v) is 9.83. The fraction of sp³-hybridized carbons (Fsp3) is 0.167. The highest BCUT2D eigenvalue weighted by Gasteiger charge is 2.33.